The van der Waals surface area contributed by atoms with Crippen molar-refractivity contribution in [2.75, 3.05) is 20.8 Å². The third kappa shape index (κ3) is 7.66. The van der Waals surface area contributed by atoms with Gasteiger partial charge in [0.2, 0.25) is 0 Å². The maximum absolute atomic E-state index is 5.81. The van der Waals surface area contributed by atoms with Gasteiger partial charge >= 0.3 is 0 Å². The summed E-state index contributed by atoms with van der Waals surface area (Å²) >= 11 is 0. The first-order valence-corrected chi connectivity index (χ1v) is 6.28. The quantitative estimate of drug-likeness (QED) is 0.422. The van der Waals surface area contributed by atoms with Gasteiger partial charge in [-0.3, -0.25) is 0 Å². The summed E-state index contributed by atoms with van der Waals surface area (Å²) < 4.78 is 10.1. The monoisotopic (exact) mass is 393 g/mol. The Morgan fingerprint density at radius 2 is 2.00 bits per heavy atom. The fraction of sp³-hybridized carbons (Fsp3) is 0.500. The minimum absolute atomic E-state index is 0. The standard InChI is InChI=1S/C14H23N3O2.HI/c1-11(9-18-2)17-14(15)16-8-12-5-4-6-13(7-12)10-19-3;/h4-7,11H,8-10H2,1-3H3,(H3,15,16,17);1H. The van der Waals surface area contributed by atoms with E-state index >= 15 is 0 Å². The minimum Gasteiger partial charge on any atom is -0.383 e. The highest BCUT2D eigenvalue weighted by atomic mass is 127. The van der Waals surface area contributed by atoms with E-state index in [4.69, 9.17) is 15.2 Å². The number of hydrogen-bond acceptors (Lipinski definition) is 3. The zero-order valence-corrected chi connectivity index (χ0v) is 14.6. The number of benzene rings is 1. The van der Waals surface area contributed by atoms with Gasteiger partial charge in [-0.15, -0.1) is 24.0 Å². The fourth-order valence-corrected chi connectivity index (χ4v) is 1.75. The van der Waals surface area contributed by atoms with Gasteiger partial charge in [-0.2, -0.15) is 0 Å². The molecule has 1 rings (SSSR count). The molecule has 20 heavy (non-hydrogen) atoms. The van der Waals surface area contributed by atoms with Crippen molar-refractivity contribution in [3.8, 4) is 0 Å². The Morgan fingerprint density at radius 1 is 1.30 bits per heavy atom. The largest absolute Gasteiger partial charge is 0.383 e. The van der Waals surface area contributed by atoms with Crippen LogP contribution in [-0.2, 0) is 22.6 Å². The van der Waals surface area contributed by atoms with Gasteiger partial charge in [0.05, 0.1) is 19.8 Å². The molecule has 0 radical (unpaired) electrons. The highest BCUT2D eigenvalue weighted by Crippen LogP contribution is 2.07. The Morgan fingerprint density at radius 3 is 2.65 bits per heavy atom. The van der Waals surface area contributed by atoms with E-state index in [1.54, 1.807) is 14.2 Å². The van der Waals surface area contributed by atoms with Crippen LogP contribution in [0.3, 0.4) is 0 Å². The molecular formula is C14H24IN3O2. The third-order valence-electron chi connectivity index (χ3n) is 2.55. The van der Waals surface area contributed by atoms with E-state index in [2.05, 4.69) is 16.4 Å². The van der Waals surface area contributed by atoms with E-state index in [1.165, 1.54) is 0 Å². The number of nitrogens with zero attached hydrogens (tertiary/aromatic N) is 1. The van der Waals surface area contributed by atoms with Crippen LogP contribution in [0.5, 0.6) is 0 Å². The lowest BCUT2D eigenvalue weighted by molar-refractivity contribution is 0.179. The van der Waals surface area contributed by atoms with Gasteiger partial charge in [0.25, 0.3) is 0 Å². The number of hydrogen-bond donors (Lipinski definition) is 2. The number of methoxy groups -OCH3 is 2. The Bertz CT molecular complexity index is 413. The summed E-state index contributed by atoms with van der Waals surface area (Å²) in [5.41, 5.74) is 8.05. The number of rotatable bonds is 7. The normalized spacial score (nSPS) is 12.7. The Kier molecular flexibility index (Phi) is 10.4. The van der Waals surface area contributed by atoms with Gasteiger partial charge in [0.15, 0.2) is 5.96 Å². The summed E-state index contributed by atoms with van der Waals surface area (Å²) in [6, 6.07) is 8.26. The SMILES string of the molecule is COCc1cccc(CN=C(N)NC(C)COC)c1.I. The molecule has 6 heteroatoms. The lowest BCUT2D eigenvalue weighted by atomic mass is 10.1. The van der Waals surface area contributed by atoms with Crippen molar-refractivity contribution in [1.82, 2.24) is 5.32 Å². The van der Waals surface area contributed by atoms with Crippen LogP contribution in [0.2, 0.25) is 0 Å². The molecule has 3 N–H and O–H groups in total. The second kappa shape index (κ2) is 10.9. The number of ether oxygens (including phenoxy) is 2. The molecular weight excluding hydrogens is 369 g/mol. The molecule has 0 saturated heterocycles. The van der Waals surface area contributed by atoms with E-state index in [-0.39, 0.29) is 30.0 Å². The van der Waals surface area contributed by atoms with Gasteiger partial charge in [-0.25, -0.2) is 4.99 Å². The average Bonchev–Trinajstić information content (AvgIpc) is 2.37. The van der Waals surface area contributed by atoms with E-state index in [0.717, 1.165) is 11.1 Å². The smallest absolute Gasteiger partial charge is 0.189 e. The van der Waals surface area contributed by atoms with Crippen molar-refractivity contribution < 1.29 is 9.47 Å². The molecule has 114 valence electrons. The molecule has 0 saturated carbocycles. The fourth-order valence-electron chi connectivity index (χ4n) is 1.75. The predicted molar refractivity (Wildman–Crippen MR) is 92.4 cm³/mol. The van der Waals surface area contributed by atoms with Crippen molar-refractivity contribution in [3.63, 3.8) is 0 Å². The van der Waals surface area contributed by atoms with Crippen LogP contribution in [0.4, 0.5) is 0 Å². The molecule has 1 atom stereocenters. The van der Waals surface area contributed by atoms with Crippen molar-refractivity contribution in [1.29, 1.82) is 0 Å². The van der Waals surface area contributed by atoms with E-state index in [1.807, 2.05) is 25.1 Å². The van der Waals surface area contributed by atoms with Crippen molar-refractivity contribution in [3.05, 3.63) is 35.4 Å². The summed E-state index contributed by atoms with van der Waals surface area (Å²) in [5, 5.41) is 3.07. The number of halogens is 1. The first-order chi connectivity index (χ1) is 9.15. The van der Waals surface area contributed by atoms with Crippen LogP contribution >= 0.6 is 24.0 Å². The molecule has 0 bridgehead atoms. The van der Waals surface area contributed by atoms with Crippen LogP contribution < -0.4 is 11.1 Å². The second-order valence-corrected chi connectivity index (χ2v) is 4.46. The molecule has 1 unspecified atom stereocenters. The zero-order valence-electron chi connectivity index (χ0n) is 12.3. The molecule has 0 aliphatic heterocycles. The van der Waals surface area contributed by atoms with Gasteiger partial charge < -0.3 is 20.5 Å². The van der Waals surface area contributed by atoms with E-state index in [9.17, 15) is 0 Å². The lowest BCUT2D eigenvalue weighted by Gasteiger charge is -2.13. The molecule has 1 aromatic rings. The highest BCUT2D eigenvalue weighted by molar-refractivity contribution is 14.0. The number of nitrogens with two attached hydrogens (primary N) is 1. The Balaban J connectivity index is 0.00000361. The summed E-state index contributed by atoms with van der Waals surface area (Å²) in [6.45, 7) is 3.75. The molecule has 0 aliphatic carbocycles. The van der Waals surface area contributed by atoms with E-state index < -0.39 is 0 Å². The third-order valence-corrected chi connectivity index (χ3v) is 2.55. The molecule has 0 amide bonds. The zero-order chi connectivity index (χ0) is 14.1. The van der Waals surface area contributed by atoms with Crippen LogP contribution in [0.1, 0.15) is 18.1 Å². The predicted octanol–water partition coefficient (Wildman–Crippen LogP) is 1.89. The summed E-state index contributed by atoms with van der Waals surface area (Å²) in [4.78, 5) is 4.30. The van der Waals surface area contributed by atoms with Gasteiger partial charge in [0.1, 0.15) is 0 Å². The topological polar surface area (TPSA) is 68.9 Å². The van der Waals surface area contributed by atoms with Crippen LogP contribution in [0, 0.1) is 0 Å². The van der Waals surface area contributed by atoms with Crippen LogP contribution in [0.25, 0.3) is 0 Å². The molecule has 0 fully saturated rings. The lowest BCUT2D eigenvalue weighted by Crippen LogP contribution is -2.40. The number of nitrogens with one attached hydrogen (secondary N) is 1. The van der Waals surface area contributed by atoms with Crippen molar-refractivity contribution >= 4 is 29.9 Å². The summed E-state index contributed by atoms with van der Waals surface area (Å²) in [6.07, 6.45) is 0. The first kappa shape index (κ1) is 19.1. The van der Waals surface area contributed by atoms with E-state index in [0.29, 0.717) is 25.7 Å². The highest BCUT2D eigenvalue weighted by Gasteiger charge is 2.01. The van der Waals surface area contributed by atoms with Crippen molar-refractivity contribution in [2.24, 2.45) is 10.7 Å². The molecule has 0 aliphatic rings. The minimum atomic E-state index is 0. The molecule has 5 nitrogen and oxygen atoms in total. The summed E-state index contributed by atoms with van der Waals surface area (Å²) in [5.74, 6) is 0.432. The second-order valence-electron chi connectivity index (χ2n) is 4.46. The van der Waals surface area contributed by atoms with Gasteiger partial charge in [0, 0.05) is 20.3 Å². The molecule has 0 aromatic heterocycles. The number of aliphatic imine (C=N–C) groups is 1. The number of guanidine groups is 1. The Labute approximate surface area is 138 Å². The average molecular weight is 393 g/mol. The van der Waals surface area contributed by atoms with Crippen LogP contribution in [0.15, 0.2) is 29.3 Å². The van der Waals surface area contributed by atoms with Crippen molar-refractivity contribution in [2.45, 2.75) is 26.1 Å². The maximum Gasteiger partial charge on any atom is 0.189 e. The Hall–Kier alpha value is -0.860. The molecule has 0 spiro atoms. The first-order valence-electron chi connectivity index (χ1n) is 6.28. The molecule has 1 aromatic carbocycles. The van der Waals surface area contributed by atoms with Gasteiger partial charge in [-0.05, 0) is 18.1 Å². The molecule has 0 heterocycles. The summed E-state index contributed by atoms with van der Waals surface area (Å²) in [7, 11) is 3.34. The van der Waals surface area contributed by atoms with Gasteiger partial charge in [-0.1, -0.05) is 24.3 Å². The maximum atomic E-state index is 5.81. The van der Waals surface area contributed by atoms with Crippen LogP contribution in [-0.4, -0.2) is 32.8 Å².